The van der Waals surface area contributed by atoms with Crippen LogP contribution in [-0.4, -0.2) is 29.6 Å². The highest BCUT2D eigenvalue weighted by atomic mass is 15.2. The largest absolute Gasteiger partial charge is 0.329 e. The van der Waals surface area contributed by atoms with Crippen molar-refractivity contribution < 1.29 is 0 Å². The smallest absolute Gasteiger partial charge is 0.0247 e. The lowest BCUT2D eigenvalue weighted by atomic mass is 9.63. The third kappa shape index (κ3) is 1.62. The van der Waals surface area contributed by atoms with Crippen LogP contribution in [0, 0.1) is 17.8 Å². The summed E-state index contributed by atoms with van der Waals surface area (Å²) in [7, 11) is 0. The normalized spacial score (nSPS) is 44.2. The van der Waals surface area contributed by atoms with Crippen LogP contribution in [0.1, 0.15) is 46.0 Å². The average molecular weight is 222 g/mol. The first kappa shape index (κ1) is 11.0. The summed E-state index contributed by atoms with van der Waals surface area (Å²) in [4.78, 5) is 2.83. The van der Waals surface area contributed by atoms with Crippen LogP contribution in [0.25, 0.3) is 0 Å². The second-order valence-corrected chi connectivity index (χ2v) is 6.71. The highest BCUT2D eigenvalue weighted by Crippen LogP contribution is 2.50. The summed E-state index contributed by atoms with van der Waals surface area (Å²) >= 11 is 0. The lowest BCUT2D eigenvalue weighted by molar-refractivity contribution is -0.0888. The third-order valence-corrected chi connectivity index (χ3v) is 5.33. The molecule has 0 spiro atoms. The number of nitrogens with zero attached hydrogens (tertiary/aromatic N) is 1. The Kier molecular flexibility index (Phi) is 2.75. The Labute approximate surface area is 99.6 Å². The lowest BCUT2D eigenvalue weighted by Crippen LogP contribution is -2.63. The number of hydrogen-bond donors (Lipinski definition) is 1. The molecule has 4 fully saturated rings. The van der Waals surface area contributed by atoms with Gasteiger partial charge in [0.2, 0.25) is 0 Å². The monoisotopic (exact) mass is 222 g/mol. The number of nitrogens with two attached hydrogens (primary N) is 1. The van der Waals surface area contributed by atoms with Crippen molar-refractivity contribution in [3.63, 3.8) is 0 Å². The van der Waals surface area contributed by atoms with Gasteiger partial charge in [0.15, 0.2) is 0 Å². The van der Waals surface area contributed by atoms with Crippen molar-refractivity contribution in [1.82, 2.24) is 4.90 Å². The van der Waals surface area contributed by atoms with Gasteiger partial charge < -0.3 is 5.73 Å². The van der Waals surface area contributed by atoms with Gasteiger partial charge in [0.1, 0.15) is 0 Å². The van der Waals surface area contributed by atoms with Crippen LogP contribution >= 0.6 is 0 Å². The first-order valence-electron chi connectivity index (χ1n) is 7.16. The molecular formula is C14H26N2. The molecule has 2 nitrogen and oxygen atoms in total. The number of hydrogen-bond acceptors (Lipinski definition) is 2. The predicted molar refractivity (Wildman–Crippen MR) is 67.2 cm³/mol. The SMILES string of the molecule is CC(C)C(CN)N1C2CC3CC(C2)CC1C3. The third-order valence-electron chi connectivity index (χ3n) is 5.33. The van der Waals surface area contributed by atoms with Gasteiger partial charge in [0.25, 0.3) is 0 Å². The molecule has 0 aromatic rings. The van der Waals surface area contributed by atoms with E-state index >= 15 is 0 Å². The Bertz CT molecular complexity index is 233. The van der Waals surface area contributed by atoms with Gasteiger partial charge in [-0.2, -0.15) is 0 Å². The van der Waals surface area contributed by atoms with Crippen LogP contribution in [0.2, 0.25) is 0 Å². The zero-order valence-electron chi connectivity index (χ0n) is 10.7. The first-order valence-corrected chi connectivity index (χ1v) is 7.16. The summed E-state index contributed by atoms with van der Waals surface area (Å²) in [6, 6.07) is 2.40. The Morgan fingerprint density at radius 1 is 1.00 bits per heavy atom. The zero-order valence-corrected chi connectivity index (χ0v) is 10.7. The van der Waals surface area contributed by atoms with E-state index in [1.807, 2.05) is 0 Å². The molecule has 2 N–H and O–H groups in total. The van der Waals surface area contributed by atoms with Crippen molar-refractivity contribution in [1.29, 1.82) is 0 Å². The minimum Gasteiger partial charge on any atom is -0.329 e. The molecule has 16 heavy (non-hydrogen) atoms. The van der Waals surface area contributed by atoms with Crippen LogP contribution in [0.15, 0.2) is 0 Å². The van der Waals surface area contributed by atoms with E-state index in [1.165, 1.54) is 32.1 Å². The standard InChI is InChI=1S/C14H26N2/c1-9(2)14(8-15)16-12-4-10-3-11(6-12)7-13(16)5-10/h9-14H,3-8,15H2,1-2H3. The van der Waals surface area contributed by atoms with E-state index in [0.717, 1.165) is 30.5 Å². The second kappa shape index (κ2) is 3.99. The van der Waals surface area contributed by atoms with E-state index in [2.05, 4.69) is 18.7 Å². The van der Waals surface area contributed by atoms with Gasteiger partial charge in [-0.3, -0.25) is 4.90 Å². The predicted octanol–water partition coefficient (Wildman–Crippen LogP) is 2.23. The van der Waals surface area contributed by atoms with Crippen LogP contribution in [0.3, 0.4) is 0 Å². The van der Waals surface area contributed by atoms with Crippen molar-refractivity contribution >= 4 is 0 Å². The van der Waals surface area contributed by atoms with Gasteiger partial charge in [-0.1, -0.05) is 13.8 Å². The average Bonchev–Trinajstić information content (AvgIpc) is 2.21. The fraction of sp³-hybridized carbons (Fsp3) is 1.00. The van der Waals surface area contributed by atoms with E-state index in [9.17, 15) is 0 Å². The van der Waals surface area contributed by atoms with E-state index < -0.39 is 0 Å². The maximum atomic E-state index is 6.01. The van der Waals surface area contributed by atoms with Crippen molar-refractivity contribution in [2.45, 2.75) is 64.1 Å². The first-order chi connectivity index (χ1) is 7.69. The van der Waals surface area contributed by atoms with Crippen molar-refractivity contribution in [2.24, 2.45) is 23.5 Å². The topological polar surface area (TPSA) is 29.3 Å². The van der Waals surface area contributed by atoms with Crippen molar-refractivity contribution in [2.75, 3.05) is 6.54 Å². The molecule has 0 amide bonds. The molecule has 4 bridgehead atoms. The maximum absolute atomic E-state index is 6.01. The van der Waals surface area contributed by atoms with Gasteiger partial charge in [-0.15, -0.1) is 0 Å². The van der Waals surface area contributed by atoms with E-state index in [1.54, 1.807) is 0 Å². The molecule has 4 aliphatic rings. The number of piperidine rings is 2. The molecule has 2 aliphatic heterocycles. The van der Waals surface area contributed by atoms with E-state index in [4.69, 9.17) is 5.73 Å². The quantitative estimate of drug-likeness (QED) is 0.793. The summed E-state index contributed by atoms with van der Waals surface area (Å²) in [6.45, 7) is 5.52. The van der Waals surface area contributed by atoms with Gasteiger partial charge >= 0.3 is 0 Å². The molecule has 2 aliphatic carbocycles. The number of rotatable bonds is 3. The molecule has 4 rings (SSSR count). The molecule has 0 radical (unpaired) electrons. The van der Waals surface area contributed by atoms with Gasteiger partial charge in [-0.05, 0) is 49.9 Å². The molecule has 92 valence electrons. The van der Waals surface area contributed by atoms with Gasteiger partial charge in [0, 0.05) is 24.7 Å². The highest BCUT2D eigenvalue weighted by molar-refractivity contribution is 5.03. The molecular weight excluding hydrogens is 196 g/mol. The fourth-order valence-electron chi connectivity index (χ4n) is 4.85. The fourth-order valence-corrected chi connectivity index (χ4v) is 4.85. The Morgan fingerprint density at radius 2 is 1.50 bits per heavy atom. The van der Waals surface area contributed by atoms with Crippen LogP contribution in [-0.2, 0) is 0 Å². The van der Waals surface area contributed by atoms with Crippen LogP contribution in [0.4, 0.5) is 0 Å². The Hall–Kier alpha value is -0.0800. The van der Waals surface area contributed by atoms with Gasteiger partial charge in [-0.25, -0.2) is 0 Å². The van der Waals surface area contributed by atoms with Crippen LogP contribution < -0.4 is 5.73 Å². The minimum atomic E-state index is 0.634. The van der Waals surface area contributed by atoms with Crippen molar-refractivity contribution in [3.8, 4) is 0 Å². The Morgan fingerprint density at radius 3 is 1.88 bits per heavy atom. The molecule has 2 heterocycles. The molecule has 1 atom stereocenters. The lowest BCUT2D eigenvalue weighted by Gasteiger charge is -2.59. The molecule has 0 aromatic carbocycles. The maximum Gasteiger partial charge on any atom is 0.0247 e. The second-order valence-electron chi connectivity index (χ2n) is 6.71. The summed E-state index contributed by atoms with van der Waals surface area (Å²) in [5, 5.41) is 0. The molecule has 0 aromatic heterocycles. The summed E-state index contributed by atoms with van der Waals surface area (Å²) in [6.07, 6.45) is 7.41. The van der Waals surface area contributed by atoms with E-state index in [0.29, 0.717) is 12.0 Å². The molecule has 2 saturated carbocycles. The summed E-state index contributed by atoms with van der Waals surface area (Å²) < 4.78 is 0. The summed E-state index contributed by atoms with van der Waals surface area (Å²) in [5.41, 5.74) is 6.01. The zero-order chi connectivity index (χ0) is 11.3. The Balaban J connectivity index is 1.80. The molecule has 2 heteroatoms. The molecule has 1 unspecified atom stereocenters. The summed E-state index contributed by atoms with van der Waals surface area (Å²) in [5.74, 6) is 2.83. The highest BCUT2D eigenvalue weighted by Gasteiger charge is 2.48. The van der Waals surface area contributed by atoms with Crippen LogP contribution in [0.5, 0.6) is 0 Å². The van der Waals surface area contributed by atoms with Gasteiger partial charge in [0.05, 0.1) is 0 Å². The molecule has 2 saturated heterocycles. The van der Waals surface area contributed by atoms with E-state index in [-0.39, 0.29) is 0 Å². The van der Waals surface area contributed by atoms with Crippen molar-refractivity contribution in [3.05, 3.63) is 0 Å². The minimum absolute atomic E-state index is 0.634.